The number of nitrogen functional groups attached to an aromatic ring is 1. The number of hydrogen-bond acceptors (Lipinski definition) is 4. The van der Waals surface area contributed by atoms with Crippen molar-refractivity contribution >= 4 is 11.8 Å². The molecule has 2 rings (SSSR count). The number of carbonyl (C=O) groups excluding carboxylic acids is 1. The highest BCUT2D eigenvalue weighted by atomic mass is 16.6. The van der Waals surface area contributed by atoms with Crippen molar-refractivity contribution in [3.63, 3.8) is 0 Å². The molecule has 0 unspecified atom stereocenters. The minimum Gasteiger partial charge on any atom is -0.443 e. The Kier molecular flexibility index (Phi) is 4.21. The second kappa shape index (κ2) is 5.93. The van der Waals surface area contributed by atoms with E-state index < -0.39 is 11.7 Å². The van der Waals surface area contributed by atoms with Gasteiger partial charge in [-0.05, 0) is 42.7 Å². The Bertz CT molecular complexity index is 730. The summed E-state index contributed by atoms with van der Waals surface area (Å²) in [6, 6.07) is 8.79. The first kappa shape index (κ1) is 15.6. The average Bonchev–Trinajstić information content (AvgIpc) is 2.40. The summed E-state index contributed by atoms with van der Waals surface area (Å²) in [7, 11) is 0. The normalized spacial score (nSPS) is 11.2. The lowest BCUT2D eigenvalue weighted by Gasteiger charge is -2.24. The molecule has 0 saturated heterocycles. The minimum absolute atomic E-state index is 0.154. The van der Waals surface area contributed by atoms with Gasteiger partial charge >= 0.3 is 6.09 Å². The number of rotatable bonds is 4. The first-order chi connectivity index (χ1) is 10.3. The molecule has 2 aromatic rings. The number of H-pyrrole nitrogens is 1. The number of aromatic nitrogens is 1. The molecule has 0 saturated carbocycles. The number of ether oxygens (including phenoxy) is 1. The highest BCUT2D eigenvalue weighted by Gasteiger charge is 2.23. The van der Waals surface area contributed by atoms with Crippen LogP contribution in [-0.4, -0.2) is 16.7 Å². The second-order valence-corrected chi connectivity index (χ2v) is 5.71. The van der Waals surface area contributed by atoms with Gasteiger partial charge in [0.15, 0.2) is 0 Å². The molecule has 1 heterocycles. The van der Waals surface area contributed by atoms with E-state index in [2.05, 4.69) is 4.98 Å². The predicted octanol–water partition coefficient (Wildman–Crippen LogP) is 2.04. The zero-order chi connectivity index (χ0) is 16.3. The molecule has 1 amide bonds. The second-order valence-electron chi connectivity index (χ2n) is 5.71. The molecule has 0 aliphatic rings. The maximum atomic E-state index is 11.1. The van der Waals surface area contributed by atoms with Gasteiger partial charge in [0.05, 0.1) is 0 Å². The van der Waals surface area contributed by atoms with Crippen LogP contribution < -0.4 is 17.0 Å². The number of nitrogens with two attached hydrogens (primary N) is 2. The van der Waals surface area contributed by atoms with Crippen molar-refractivity contribution in [2.75, 3.05) is 5.73 Å². The van der Waals surface area contributed by atoms with Gasteiger partial charge in [0.1, 0.15) is 5.60 Å². The van der Waals surface area contributed by atoms with Crippen molar-refractivity contribution in [1.82, 2.24) is 4.98 Å². The maximum Gasteiger partial charge on any atom is 0.405 e. The molecule has 5 N–H and O–H groups in total. The van der Waals surface area contributed by atoms with Crippen LogP contribution in [-0.2, 0) is 11.2 Å². The Morgan fingerprint density at radius 1 is 1.23 bits per heavy atom. The zero-order valence-corrected chi connectivity index (χ0v) is 12.6. The minimum atomic E-state index is -0.812. The van der Waals surface area contributed by atoms with Gasteiger partial charge in [-0.1, -0.05) is 12.1 Å². The highest BCUT2D eigenvalue weighted by molar-refractivity contribution is 5.68. The number of pyridine rings is 1. The van der Waals surface area contributed by atoms with Crippen LogP contribution in [0.1, 0.15) is 19.4 Å². The number of aromatic amines is 1. The third-order valence-electron chi connectivity index (χ3n) is 3.26. The van der Waals surface area contributed by atoms with Crippen LogP contribution in [0.2, 0.25) is 0 Å². The molecule has 0 aliphatic heterocycles. The van der Waals surface area contributed by atoms with Gasteiger partial charge < -0.3 is 21.2 Å². The maximum absolute atomic E-state index is 11.1. The summed E-state index contributed by atoms with van der Waals surface area (Å²) in [5.41, 5.74) is 13.5. The largest absolute Gasteiger partial charge is 0.443 e. The standard InChI is InChI=1S/C16H19N3O3/c1-16(2,22-15(18)21)8-11-4-3-10(7-13(11)17)12-5-6-14(20)19-9-12/h3-7,9H,8,17H2,1-2H3,(H2,18,21)(H,19,20). The molecular weight excluding hydrogens is 282 g/mol. The van der Waals surface area contributed by atoms with E-state index in [0.717, 1.165) is 16.7 Å². The van der Waals surface area contributed by atoms with Crippen molar-refractivity contribution in [2.24, 2.45) is 5.73 Å². The fourth-order valence-corrected chi connectivity index (χ4v) is 2.29. The molecule has 0 bridgehead atoms. The fraction of sp³-hybridized carbons (Fsp3) is 0.250. The van der Waals surface area contributed by atoms with E-state index in [1.807, 2.05) is 18.2 Å². The Labute approximate surface area is 128 Å². The van der Waals surface area contributed by atoms with Gasteiger partial charge in [-0.25, -0.2) is 4.79 Å². The summed E-state index contributed by atoms with van der Waals surface area (Å²) >= 11 is 0. The summed E-state index contributed by atoms with van der Waals surface area (Å²) in [4.78, 5) is 24.6. The smallest absolute Gasteiger partial charge is 0.405 e. The summed E-state index contributed by atoms with van der Waals surface area (Å²) in [6.07, 6.45) is 1.28. The van der Waals surface area contributed by atoms with Gasteiger partial charge in [0.25, 0.3) is 0 Å². The van der Waals surface area contributed by atoms with Crippen molar-refractivity contribution in [3.05, 3.63) is 52.4 Å². The van der Waals surface area contributed by atoms with Crippen LogP contribution in [0.3, 0.4) is 0 Å². The monoisotopic (exact) mass is 301 g/mol. The Balaban J connectivity index is 2.25. The molecule has 1 aromatic heterocycles. The fourth-order valence-electron chi connectivity index (χ4n) is 2.29. The average molecular weight is 301 g/mol. The Morgan fingerprint density at radius 3 is 2.45 bits per heavy atom. The molecule has 0 aliphatic carbocycles. The Morgan fingerprint density at radius 2 is 1.91 bits per heavy atom. The predicted molar refractivity (Wildman–Crippen MR) is 85.4 cm³/mol. The van der Waals surface area contributed by atoms with Gasteiger partial charge in [0.2, 0.25) is 5.56 Å². The first-order valence-corrected chi connectivity index (χ1v) is 6.83. The lowest BCUT2D eigenvalue weighted by molar-refractivity contribution is 0.0461. The number of amides is 1. The van der Waals surface area contributed by atoms with E-state index in [1.165, 1.54) is 6.07 Å². The molecule has 6 heteroatoms. The van der Waals surface area contributed by atoms with Crippen molar-refractivity contribution in [3.8, 4) is 11.1 Å². The van der Waals surface area contributed by atoms with Crippen LogP contribution in [0.4, 0.5) is 10.5 Å². The lowest BCUT2D eigenvalue weighted by atomic mass is 9.95. The van der Waals surface area contributed by atoms with Crippen LogP contribution in [0, 0.1) is 0 Å². The third-order valence-corrected chi connectivity index (χ3v) is 3.26. The van der Waals surface area contributed by atoms with Crippen molar-refractivity contribution in [1.29, 1.82) is 0 Å². The molecule has 6 nitrogen and oxygen atoms in total. The highest BCUT2D eigenvalue weighted by Crippen LogP contribution is 2.26. The molecule has 1 aromatic carbocycles. The number of hydrogen-bond donors (Lipinski definition) is 3. The summed E-state index contributed by atoms with van der Waals surface area (Å²) < 4.78 is 5.07. The number of anilines is 1. The first-order valence-electron chi connectivity index (χ1n) is 6.83. The van der Waals surface area contributed by atoms with E-state index in [0.29, 0.717) is 12.1 Å². The summed E-state index contributed by atoms with van der Waals surface area (Å²) in [5, 5.41) is 0. The van der Waals surface area contributed by atoms with E-state index in [1.54, 1.807) is 26.1 Å². The van der Waals surface area contributed by atoms with Gasteiger partial charge in [-0.3, -0.25) is 4.79 Å². The van der Waals surface area contributed by atoms with Crippen LogP contribution in [0.5, 0.6) is 0 Å². The molecule has 0 atom stereocenters. The summed E-state index contributed by atoms with van der Waals surface area (Å²) in [5.74, 6) is 0. The molecule has 0 spiro atoms. The summed E-state index contributed by atoms with van der Waals surface area (Å²) in [6.45, 7) is 3.54. The number of primary amides is 1. The molecule has 116 valence electrons. The van der Waals surface area contributed by atoms with E-state index >= 15 is 0 Å². The topological polar surface area (TPSA) is 111 Å². The molecular formula is C16H19N3O3. The van der Waals surface area contributed by atoms with Crippen LogP contribution in [0.15, 0.2) is 41.3 Å². The molecule has 22 heavy (non-hydrogen) atoms. The lowest BCUT2D eigenvalue weighted by Crippen LogP contribution is -2.33. The molecule has 0 fully saturated rings. The number of benzene rings is 1. The van der Waals surface area contributed by atoms with Crippen molar-refractivity contribution in [2.45, 2.75) is 25.9 Å². The molecule has 0 radical (unpaired) electrons. The quantitative estimate of drug-likeness (QED) is 0.750. The van der Waals surface area contributed by atoms with E-state index in [9.17, 15) is 9.59 Å². The van der Waals surface area contributed by atoms with Gasteiger partial charge in [-0.15, -0.1) is 0 Å². The third kappa shape index (κ3) is 3.88. The zero-order valence-electron chi connectivity index (χ0n) is 12.6. The van der Waals surface area contributed by atoms with Crippen LogP contribution in [0.25, 0.3) is 11.1 Å². The number of nitrogens with one attached hydrogen (secondary N) is 1. The van der Waals surface area contributed by atoms with Gasteiger partial charge in [0, 0.05) is 24.4 Å². The number of carbonyl (C=O) groups is 1. The van der Waals surface area contributed by atoms with E-state index in [-0.39, 0.29) is 5.56 Å². The Hall–Kier alpha value is -2.76. The van der Waals surface area contributed by atoms with Crippen LogP contribution >= 0.6 is 0 Å². The van der Waals surface area contributed by atoms with Crippen molar-refractivity contribution < 1.29 is 9.53 Å². The SMILES string of the molecule is CC(C)(Cc1ccc(-c2ccc(=O)[nH]c2)cc1N)OC(N)=O. The van der Waals surface area contributed by atoms with Gasteiger partial charge in [-0.2, -0.15) is 0 Å². The van der Waals surface area contributed by atoms with E-state index in [4.69, 9.17) is 16.2 Å².